The first-order valence-electron chi connectivity index (χ1n) is 4.58. The van der Waals surface area contributed by atoms with E-state index in [4.69, 9.17) is 4.74 Å². The van der Waals surface area contributed by atoms with Crippen molar-refractivity contribution in [3.8, 4) is 0 Å². The second-order valence-electron chi connectivity index (χ2n) is 3.89. The summed E-state index contributed by atoms with van der Waals surface area (Å²) in [6.45, 7) is 2.94. The van der Waals surface area contributed by atoms with Crippen molar-refractivity contribution in [2.75, 3.05) is 6.61 Å². The van der Waals surface area contributed by atoms with Gasteiger partial charge in [0.05, 0.1) is 18.3 Å². The molecule has 1 N–H and O–H groups in total. The van der Waals surface area contributed by atoms with Crippen molar-refractivity contribution in [2.45, 2.75) is 44.3 Å². The fourth-order valence-electron chi connectivity index (χ4n) is 1.80. The Kier molecular flexibility index (Phi) is 1.69. The number of hydrogen-bond acceptors (Lipinski definition) is 2. The number of rotatable bonds is 4. The molecule has 11 heavy (non-hydrogen) atoms. The maximum absolute atomic E-state index is 10.1. The van der Waals surface area contributed by atoms with Crippen molar-refractivity contribution in [2.24, 2.45) is 5.92 Å². The van der Waals surface area contributed by atoms with Gasteiger partial charge in [-0.1, -0.05) is 6.92 Å². The van der Waals surface area contributed by atoms with Crippen molar-refractivity contribution in [3.63, 3.8) is 0 Å². The van der Waals surface area contributed by atoms with Gasteiger partial charge in [0.2, 0.25) is 0 Å². The van der Waals surface area contributed by atoms with Crippen LogP contribution in [-0.4, -0.2) is 23.4 Å². The van der Waals surface area contributed by atoms with E-state index in [-0.39, 0.29) is 5.60 Å². The Labute approximate surface area is 67.6 Å². The van der Waals surface area contributed by atoms with Crippen molar-refractivity contribution in [1.29, 1.82) is 0 Å². The summed E-state index contributed by atoms with van der Waals surface area (Å²) in [4.78, 5) is 0. The van der Waals surface area contributed by atoms with Crippen molar-refractivity contribution in [3.05, 3.63) is 0 Å². The third kappa shape index (κ3) is 1.57. The Morgan fingerprint density at radius 3 is 2.55 bits per heavy atom. The molecule has 0 unspecified atom stereocenters. The first-order valence-corrected chi connectivity index (χ1v) is 4.58. The predicted octanol–water partition coefficient (Wildman–Crippen LogP) is 1.33. The third-order valence-corrected chi connectivity index (χ3v) is 2.93. The lowest BCUT2D eigenvalue weighted by atomic mass is 9.89. The molecule has 0 radical (unpaired) electrons. The molecular formula is C9H16O2. The average molecular weight is 156 g/mol. The Balaban J connectivity index is 1.90. The minimum Gasteiger partial charge on any atom is -0.390 e. The summed E-state index contributed by atoms with van der Waals surface area (Å²) in [7, 11) is 0. The minimum absolute atomic E-state index is 0.376. The Hall–Kier alpha value is -0.0800. The number of aliphatic hydroxyl groups is 1. The lowest BCUT2D eigenvalue weighted by molar-refractivity contribution is -0.00114. The van der Waals surface area contributed by atoms with Crippen LogP contribution in [0.5, 0.6) is 0 Å². The van der Waals surface area contributed by atoms with Gasteiger partial charge in [-0.05, 0) is 25.2 Å². The molecule has 2 aliphatic rings. The Morgan fingerprint density at radius 2 is 2.18 bits per heavy atom. The van der Waals surface area contributed by atoms with Crippen molar-refractivity contribution in [1.82, 2.24) is 0 Å². The number of ether oxygens (including phenoxy) is 1. The van der Waals surface area contributed by atoms with Crippen LogP contribution in [0, 0.1) is 5.92 Å². The van der Waals surface area contributed by atoms with E-state index < -0.39 is 0 Å². The van der Waals surface area contributed by atoms with Crippen LogP contribution >= 0.6 is 0 Å². The Morgan fingerprint density at radius 1 is 1.55 bits per heavy atom. The molecule has 0 amide bonds. The van der Waals surface area contributed by atoms with E-state index in [0.717, 1.165) is 19.4 Å². The van der Waals surface area contributed by atoms with Gasteiger partial charge in [0.25, 0.3) is 0 Å². The van der Waals surface area contributed by atoms with E-state index in [2.05, 4.69) is 6.92 Å². The quantitative estimate of drug-likeness (QED) is 0.623. The molecule has 1 heterocycles. The van der Waals surface area contributed by atoms with E-state index in [1.807, 2.05) is 0 Å². The van der Waals surface area contributed by atoms with E-state index >= 15 is 0 Å². The first-order chi connectivity index (χ1) is 5.24. The van der Waals surface area contributed by atoms with Crippen LogP contribution < -0.4 is 0 Å². The molecule has 2 fully saturated rings. The summed E-state index contributed by atoms with van der Waals surface area (Å²) in [5, 5.41) is 10.1. The molecule has 0 aromatic carbocycles. The smallest absolute Gasteiger partial charge is 0.0837 e. The van der Waals surface area contributed by atoms with Crippen LogP contribution in [-0.2, 0) is 4.74 Å². The van der Waals surface area contributed by atoms with E-state index in [9.17, 15) is 5.11 Å². The SMILES string of the molecule is CC[C@](O)(C[C@H]1CO1)C1CC1. The zero-order chi connectivity index (χ0) is 7.90. The molecule has 2 heteroatoms. The maximum atomic E-state index is 10.1. The number of epoxide rings is 1. The minimum atomic E-state index is -0.388. The van der Waals surface area contributed by atoms with Gasteiger partial charge in [0.15, 0.2) is 0 Å². The second-order valence-corrected chi connectivity index (χ2v) is 3.89. The average Bonchev–Trinajstić information content (AvgIpc) is 2.81. The van der Waals surface area contributed by atoms with Crippen molar-refractivity contribution < 1.29 is 9.84 Å². The normalized spacial score (nSPS) is 34.9. The summed E-state index contributed by atoms with van der Waals surface area (Å²) in [6, 6.07) is 0. The Bertz CT molecular complexity index is 150. The van der Waals surface area contributed by atoms with Gasteiger partial charge in [-0.25, -0.2) is 0 Å². The van der Waals surface area contributed by atoms with Crippen LogP contribution in [0.1, 0.15) is 32.6 Å². The van der Waals surface area contributed by atoms with Crippen LogP contribution in [0.3, 0.4) is 0 Å². The van der Waals surface area contributed by atoms with Crippen LogP contribution in [0.2, 0.25) is 0 Å². The highest BCUT2D eigenvalue weighted by atomic mass is 16.6. The fourth-order valence-corrected chi connectivity index (χ4v) is 1.80. The molecular weight excluding hydrogens is 140 g/mol. The van der Waals surface area contributed by atoms with Crippen LogP contribution in [0.4, 0.5) is 0 Å². The number of hydrogen-bond donors (Lipinski definition) is 1. The van der Waals surface area contributed by atoms with E-state index in [1.54, 1.807) is 0 Å². The predicted molar refractivity (Wildman–Crippen MR) is 42.3 cm³/mol. The fraction of sp³-hybridized carbons (Fsp3) is 1.00. The molecule has 0 spiro atoms. The highest BCUT2D eigenvalue weighted by Crippen LogP contribution is 2.45. The molecule has 1 aliphatic carbocycles. The monoisotopic (exact) mass is 156 g/mol. The third-order valence-electron chi connectivity index (χ3n) is 2.93. The molecule has 0 aromatic heterocycles. The summed E-state index contributed by atoms with van der Waals surface area (Å²) >= 11 is 0. The van der Waals surface area contributed by atoms with Gasteiger partial charge in [-0.3, -0.25) is 0 Å². The summed E-state index contributed by atoms with van der Waals surface area (Å²) < 4.78 is 5.12. The highest BCUT2D eigenvalue weighted by molar-refractivity contribution is 4.96. The van der Waals surface area contributed by atoms with Gasteiger partial charge in [-0.2, -0.15) is 0 Å². The molecule has 1 aliphatic heterocycles. The lowest BCUT2D eigenvalue weighted by Crippen LogP contribution is -2.32. The van der Waals surface area contributed by atoms with Gasteiger partial charge < -0.3 is 9.84 Å². The molecule has 64 valence electrons. The van der Waals surface area contributed by atoms with Crippen LogP contribution in [0.15, 0.2) is 0 Å². The van der Waals surface area contributed by atoms with Gasteiger partial charge in [0.1, 0.15) is 0 Å². The standard InChI is InChI=1S/C9H16O2/c1-2-9(10,7-3-4-7)5-8-6-11-8/h7-8,10H,2-6H2,1H3/t8-,9-/m0/s1. The van der Waals surface area contributed by atoms with Gasteiger partial charge >= 0.3 is 0 Å². The molecule has 2 nitrogen and oxygen atoms in total. The lowest BCUT2D eigenvalue weighted by Gasteiger charge is -2.25. The van der Waals surface area contributed by atoms with Crippen LogP contribution in [0.25, 0.3) is 0 Å². The van der Waals surface area contributed by atoms with Gasteiger partial charge in [0, 0.05) is 6.42 Å². The molecule has 0 aromatic rings. The van der Waals surface area contributed by atoms with E-state index in [1.165, 1.54) is 12.8 Å². The molecule has 2 atom stereocenters. The molecule has 1 saturated heterocycles. The molecule has 0 bridgehead atoms. The first kappa shape index (κ1) is 7.56. The zero-order valence-electron chi connectivity index (χ0n) is 7.05. The van der Waals surface area contributed by atoms with E-state index in [0.29, 0.717) is 12.0 Å². The summed E-state index contributed by atoms with van der Waals surface area (Å²) in [6.07, 6.45) is 4.57. The summed E-state index contributed by atoms with van der Waals surface area (Å²) in [5.74, 6) is 0.580. The maximum Gasteiger partial charge on any atom is 0.0837 e. The zero-order valence-corrected chi connectivity index (χ0v) is 7.05. The highest BCUT2D eigenvalue weighted by Gasteiger charge is 2.45. The van der Waals surface area contributed by atoms with Crippen molar-refractivity contribution >= 4 is 0 Å². The topological polar surface area (TPSA) is 32.8 Å². The summed E-state index contributed by atoms with van der Waals surface area (Å²) in [5.41, 5.74) is -0.388. The second kappa shape index (κ2) is 2.46. The van der Waals surface area contributed by atoms with Gasteiger partial charge in [-0.15, -0.1) is 0 Å². The molecule has 2 rings (SSSR count). The largest absolute Gasteiger partial charge is 0.390 e. The molecule has 1 saturated carbocycles.